The average molecular weight is 208 g/mol. The molecule has 1 nitrogen and oxygen atoms in total. The van der Waals surface area contributed by atoms with E-state index in [1.165, 1.54) is 6.07 Å². The number of ketones is 1. The van der Waals surface area contributed by atoms with Crippen molar-refractivity contribution in [2.45, 2.75) is 33.6 Å². The number of Topliss-reactive ketones (excluding diaryl/α,β-unsaturated/α-hetero) is 1. The predicted molar refractivity (Wildman–Crippen MR) is 59.5 cm³/mol. The molecule has 0 N–H and O–H groups in total. The summed E-state index contributed by atoms with van der Waals surface area (Å²) in [7, 11) is 0. The third-order valence-electron chi connectivity index (χ3n) is 2.56. The van der Waals surface area contributed by atoms with Crippen LogP contribution in [-0.2, 0) is 0 Å². The molecule has 0 fully saturated rings. The van der Waals surface area contributed by atoms with Gasteiger partial charge in [-0.3, -0.25) is 4.79 Å². The topological polar surface area (TPSA) is 17.1 Å². The lowest BCUT2D eigenvalue weighted by atomic mass is 9.94. The standard InChI is InChI=1S/C13H17FO/c1-4-5-10(3)13(15)11-8-9(2)6-7-12(11)14/h6-8,10H,4-5H2,1-3H3. The molecule has 0 spiro atoms. The van der Waals surface area contributed by atoms with Crippen molar-refractivity contribution in [3.63, 3.8) is 0 Å². The third kappa shape index (κ3) is 2.88. The molecule has 0 heterocycles. The van der Waals surface area contributed by atoms with Crippen LogP contribution in [0.5, 0.6) is 0 Å². The van der Waals surface area contributed by atoms with Crippen molar-refractivity contribution in [2.24, 2.45) is 5.92 Å². The molecule has 0 bridgehead atoms. The molecular weight excluding hydrogens is 191 g/mol. The number of benzene rings is 1. The molecule has 2 heteroatoms. The number of hydrogen-bond donors (Lipinski definition) is 0. The molecule has 1 aromatic rings. The molecule has 15 heavy (non-hydrogen) atoms. The zero-order chi connectivity index (χ0) is 11.4. The molecule has 1 rings (SSSR count). The Morgan fingerprint density at radius 1 is 1.47 bits per heavy atom. The van der Waals surface area contributed by atoms with Gasteiger partial charge in [-0.25, -0.2) is 4.39 Å². The number of carbonyl (C=O) groups excluding carboxylic acids is 1. The monoisotopic (exact) mass is 208 g/mol. The lowest BCUT2D eigenvalue weighted by molar-refractivity contribution is 0.0919. The van der Waals surface area contributed by atoms with Gasteiger partial charge in [0.15, 0.2) is 5.78 Å². The minimum atomic E-state index is -0.409. The van der Waals surface area contributed by atoms with Crippen LogP contribution in [0, 0.1) is 18.7 Å². The summed E-state index contributed by atoms with van der Waals surface area (Å²) in [6.07, 6.45) is 1.76. The molecular formula is C13H17FO. The van der Waals surface area contributed by atoms with Crippen LogP contribution in [0.1, 0.15) is 42.6 Å². The number of halogens is 1. The Bertz CT molecular complexity index is 358. The Kier molecular flexibility index (Phi) is 4.01. The van der Waals surface area contributed by atoms with E-state index in [9.17, 15) is 9.18 Å². The van der Waals surface area contributed by atoms with Gasteiger partial charge in [0.1, 0.15) is 5.82 Å². The van der Waals surface area contributed by atoms with Crippen LogP contribution in [0.3, 0.4) is 0 Å². The van der Waals surface area contributed by atoms with Gasteiger partial charge in [-0.2, -0.15) is 0 Å². The second-order valence-electron chi connectivity index (χ2n) is 4.04. The summed E-state index contributed by atoms with van der Waals surface area (Å²) in [6.45, 7) is 5.74. The first-order valence-electron chi connectivity index (χ1n) is 5.36. The van der Waals surface area contributed by atoms with Crippen LogP contribution in [0.2, 0.25) is 0 Å². The maximum absolute atomic E-state index is 13.4. The quantitative estimate of drug-likeness (QED) is 0.689. The molecule has 0 radical (unpaired) electrons. The molecule has 0 aliphatic rings. The molecule has 0 aromatic heterocycles. The van der Waals surface area contributed by atoms with E-state index >= 15 is 0 Å². The number of rotatable bonds is 4. The highest BCUT2D eigenvalue weighted by molar-refractivity contribution is 5.98. The van der Waals surface area contributed by atoms with Crippen molar-refractivity contribution in [2.75, 3.05) is 0 Å². The summed E-state index contributed by atoms with van der Waals surface area (Å²) in [5.41, 5.74) is 1.15. The van der Waals surface area contributed by atoms with Gasteiger partial charge in [-0.1, -0.05) is 31.9 Å². The van der Waals surface area contributed by atoms with Crippen molar-refractivity contribution < 1.29 is 9.18 Å². The summed E-state index contributed by atoms with van der Waals surface area (Å²) in [6, 6.07) is 4.67. The molecule has 0 saturated heterocycles. The van der Waals surface area contributed by atoms with Gasteiger partial charge in [-0.05, 0) is 25.5 Å². The van der Waals surface area contributed by atoms with E-state index in [0.29, 0.717) is 0 Å². The van der Waals surface area contributed by atoms with Crippen molar-refractivity contribution in [3.8, 4) is 0 Å². The smallest absolute Gasteiger partial charge is 0.168 e. The summed E-state index contributed by atoms with van der Waals surface area (Å²) in [4.78, 5) is 11.9. The molecule has 1 unspecified atom stereocenters. The fourth-order valence-corrected chi connectivity index (χ4v) is 1.66. The van der Waals surface area contributed by atoms with E-state index < -0.39 is 5.82 Å². The Hall–Kier alpha value is -1.18. The highest BCUT2D eigenvalue weighted by atomic mass is 19.1. The summed E-state index contributed by atoms with van der Waals surface area (Å²) in [5, 5.41) is 0. The Balaban J connectivity index is 2.95. The highest BCUT2D eigenvalue weighted by Crippen LogP contribution is 2.17. The van der Waals surface area contributed by atoms with Crippen LogP contribution in [0.4, 0.5) is 4.39 Å². The highest BCUT2D eigenvalue weighted by Gasteiger charge is 2.17. The summed E-state index contributed by atoms with van der Waals surface area (Å²) in [5.74, 6) is -0.585. The summed E-state index contributed by atoms with van der Waals surface area (Å²) < 4.78 is 13.4. The maximum Gasteiger partial charge on any atom is 0.168 e. The molecule has 1 aromatic carbocycles. The van der Waals surface area contributed by atoms with Gasteiger partial charge < -0.3 is 0 Å². The number of hydrogen-bond acceptors (Lipinski definition) is 1. The van der Waals surface area contributed by atoms with Gasteiger partial charge in [0.05, 0.1) is 5.56 Å². The minimum absolute atomic E-state index is 0.0851. The molecule has 0 saturated carbocycles. The van der Waals surface area contributed by atoms with Gasteiger partial charge in [0, 0.05) is 5.92 Å². The zero-order valence-corrected chi connectivity index (χ0v) is 9.51. The maximum atomic E-state index is 13.4. The third-order valence-corrected chi connectivity index (χ3v) is 2.56. The molecule has 1 atom stereocenters. The van der Waals surface area contributed by atoms with E-state index in [-0.39, 0.29) is 17.3 Å². The second-order valence-corrected chi connectivity index (χ2v) is 4.04. The first-order chi connectivity index (χ1) is 7.06. The lowest BCUT2D eigenvalue weighted by Crippen LogP contribution is -2.13. The van der Waals surface area contributed by atoms with Gasteiger partial charge >= 0.3 is 0 Å². The number of aryl methyl sites for hydroxylation is 1. The van der Waals surface area contributed by atoms with Crippen LogP contribution < -0.4 is 0 Å². The van der Waals surface area contributed by atoms with Crippen molar-refractivity contribution in [3.05, 3.63) is 35.1 Å². The van der Waals surface area contributed by atoms with Crippen molar-refractivity contribution in [1.82, 2.24) is 0 Å². The van der Waals surface area contributed by atoms with Crippen molar-refractivity contribution >= 4 is 5.78 Å². The molecule has 0 aliphatic carbocycles. The van der Waals surface area contributed by atoms with Gasteiger partial charge in [0.25, 0.3) is 0 Å². The van der Waals surface area contributed by atoms with Gasteiger partial charge in [-0.15, -0.1) is 0 Å². The molecule has 0 amide bonds. The van der Waals surface area contributed by atoms with Crippen molar-refractivity contribution in [1.29, 1.82) is 0 Å². The average Bonchev–Trinajstić information content (AvgIpc) is 2.21. The van der Waals surface area contributed by atoms with E-state index in [1.807, 2.05) is 20.8 Å². The van der Waals surface area contributed by atoms with Crippen LogP contribution >= 0.6 is 0 Å². The number of carbonyl (C=O) groups is 1. The van der Waals surface area contributed by atoms with E-state index in [2.05, 4.69) is 0 Å². The Morgan fingerprint density at radius 2 is 2.13 bits per heavy atom. The lowest BCUT2D eigenvalue weighted by Gasteiger charge is -2.10. The van der Waals surface area contributed by atoms with E-state index in [1.54, 1.807) is 12.1 Å². The second kappa shape index (κ2) is 5.06. The molecule has 0 aliphatic heterocycles. The van der Waals surface area contributed by atoms with E-state index in [0.717, 1.165) is 18.4 Å². The van der Waals surface area contributed by atoms with Crippen LogP contribution in [-0.4, -0.2) is 5.78 Å². The van der Waals surface area contributed by atoms with Gasteiger partial charge in [0.2, 0.25) is 0 Å². The molecule has 82 valence electrons. The minimum Gasteiger partial charge on any atom is -0.294 e. The Morgan fingerprint density at radius 3 is 2.73 bits per heavy atom. The Labute approximate surface area is 90.3 Å². The largest absolute Gasteiger partial charge is 0.294 e. The fraction of sp³-hybridized carbons (Fsp3) is 0.462. The summed E-state index contributed by atoms with van der Waals surface area (Å²) >= 11 is 0. The normalized spacial score (nSPS) is 12.5. The van der Waals surface area contributed by atoms with E-state index in [4.69, 9.17) is 0 Å². The fourth-order valence-electron chi connectivity index (χ4n) is 1.66. The van der Waals surface area contributed by atoms with Crippen LogP contribution in [0.25, 0.3) is 0 Å². The SMILES string of the molecule is CCCC(C)C(=O)c1cc(C)ccc1F. The first kappa shape index (κ1) is 11.9. The van der Waals surface area contributed by atoms with Crippen LogP contribution in [0.15, 0.2) is 18.2 Å². The predicted octanol–water partition coefficient (Wildman–Crippen LogP) is 3.75. The first-order valence-corrected chi connectivity index (χ1v) is 5.36. The zero-order valence-electron chi connectivity index (χ0n) is 9.51.